The molecule has 0 bridgehead atoms. The van der Waals surface area contributed by atoms with Crippen LogP contribution in [0, 0.1) is 31.8 Å². The number of rotatable bonds is 3. The highest BCUT2D eigenvalue weighted by Crippen LogP contribution is 2.44. The summed E-state index contributed by atoms with van der Waals surface area (Å²) in [7, 11) is 0. The molecule has 3 heterocycles. The molecule has 3 aromatic rings. The number of hydroxylamine groups is 1. The van der Waals surface area contributed by atoms with Crippen LogP contribution in [0.15, 0.2) is 36.4 Å². The lowest BCUT2D eigenvalue weighted by molar-refractivity contribution is 0.403. The first-order valence-corrected chi connectivity index (χ1v) is 11.4. The standard InChI is InChI=1S/C25H29FN6O/c1-16-5-4-6-17(2)23(16)32(33)15-28-14-21-22(20-8-7-19(26)13-18(20)3)29-25(30-24(21)32)31-11-9-27-10-12-31/h4-8,13,27-28H,9-12,14-15H2,1-3H3. The van der Waals surface area contributed by atoms with Crippen LogP contribution in [0.1, 0.15) is 22.3 Å². The van der Waals surface area contributed by atoms with Crippen LogP contribution in [-0.2, 0) is 6.54 Å². The first kappa shape index (κ1) is 21.9. The van der Waals surface area contributed by atoms with Crippen LogP contribution in [0.5, 0.6) is 0 Å². The molecule has 2 N–H and O–H groups in total. The first-order chi connectivity index (χ1) is 15.9. The van der Waals surface area contributed by atoms with Crippen molar-refractivity contribution in [3.8, 4) is 11.3 Å². The number of fused-ring (bicyclic) bond motifs is 1. The van der Waals surface area contributed by atoms with Gasteiger partial charge >= 0.3 is 0 Å². The summed E-state index contributed by atoms with van der Waals surface area (Å²) in [5.41, 5.74) is 5.64. The Hall–Kier alpha value is -2.91. The number of hydrogen-bond acceptors (Lipinski definition) is 6. The van der Waals surface area contributed by atoms with Crippen LogP contribution in [0.3, 0.4) is 0 Å². The summed E-state index contributed by atoms with van der Waals surface area (Å²) in [6, 6.07) is 10.6. The fraction of sp³-hybridized carbons (Fsp3) is 0.360. The van der Waals surface area contributed by atoms with Crippen molar-refractivity contribution in [3.05, 3.63) is 69.7 Å². The van der Waals surface area contributed by atoms with Gasteiger partial charge in [-0.15, -0.1) is 0 Å². The topological polar surface area (TPSA) is 76.1 Å². The fourth-order valence-electron chi connectivity index (χ4n) is 5.02. The predicted octanol–water partition coefficient (Wildman–Crippen LogP) is 3.82. The van der Waals surface area contributed by atoms with Crippen molar-refractivity contribution in [3.63, 3.8) is 0 Å². The van der Waals surface area contributed by atoms with Gasteiger partial charge in [-0.2, -0.15) is 4.98 Å². The summed E-state index contributed by atoms with van der Waals surface area (Å²) in [5, 5.41) is 21.3. The fourth-order valence-corrected chi connectivity index (χ4v) is 5.02. The maximum atomic E-state index is 14.6. The van der Waals surface area contributed by atoms with Gasteiger partial charge in [0.2, 0.25) is 11.8 Å². The number of halogens is 1. The molecule has 33 heavy (non-hydrogen) atoms. The van der Waals surface area contributed by atoms with Crippen LogP contribution >= 0.6 is 0 Å². The van der Waals surface area contributed by atoms with E-state index in [9.17, 15) is 9.60 Å². The monoisotopic (exact) mass is 448 g/mol. The molecule has 1 unspecified atom stereocenters. The lowest BCUT2D eigenvalue weighted by atomic mass is 9.99. The van der Waals surface area contributed by atoms with Gasteiger partial charge in [0.15, 0.2) is 0 Å². The van der Waals surface area contributed by atoms with Crippen molar-refractivity contribution in [2.45, 2.75) is 27.3 Å². The zero-order valence-electron chi connectivity index (χ0n) is 19.3. The number of benzene rings is 2. The number of piperazine rings is 1. The molecule has 1 fully saturated rings. The van der Waals surface area contributed by atoms with Crippen molar-refractivity contribution >= 4 is 17.5 Å². The zero-order valence-corrected chi connectivity index (χ0v) is 19.3. The SMILES string of the molecule is Cc1cc(F)ccc1-c1nc(N2CCNCC2)nc2c1CNC[N+]2([O-])c1c(C)cccc1C. The molecule has 0 amide bonds. The van der Waals surface area contributed by atoms with Crippen LogP contribution in [0.25, 0.3) is 11.3 Å². The van der Waals surface area contributed by atoms with E-state index in [1.165, 1.54) is 12.1 Å². The van der Waals surface area contributed by atoms with Gasteiger partial charge in [-0.1, -0.05) is 18.2 Å². The van der Waals surface area contributed by atoms with Crippen LogP contribution in [0.4, 0.5) is 21.8 Å². The molecule has 2 aliphatic heterocycles. The number of anilines is 1. The van der Waals surface area contributed by atoms with Gasteiger partial charge in [0.1, 0.15) is 18.2 Å². The summed E-state index contributed by atoms with van der Waals surface area (Å²) in [6.07, 6.45) is 0. The van der Waals surface area contributed by atoms with Crippen molar-refractivity contribution in [2.75, 3.05) is 37.7 Å². The number of para-hydroxylation sites is 1. The summed E-state index contributed by atoms with van der Waals surface area (Å²) < 4.78 is 13.2. The van der Waals surface area contributed by atoms with E-state index in [0.717, 1.165) is 54.0 Å². The van der Waals surface area contributed by atoms with Crippen molar-refractivity contribution in [1.82, 2.24) is 25.2 Å². The highest BCUT2D eigenvalue weighted by atomic mass is 19.1. The molecule has 0 radical (unpaired) electrons. The van der Waals surface area contributed by atoms with Crippen molar-refractivity contribution < 1.29 is 4.39 Å². The number of nitrogens with one attached hydrogen (secondary N) is 2. The highest BCUT2D eigenvalue weighted by Gasteiger charge is 2.38. The maximum Gasteiger partial charge on any atom is 0.243 e. The van der Waals surface area contributed by atoms with E-state index in [0.29, 0.717) is 29.7 Å². The van der Waals surface area contributed by atoms with E-state index in [4.69, 9.17) is 9.97 Å². The Kier molecular flexibility index (Phi) is 5.62. The Labute approximate surface area is 193 Å². The molecule has 1 aromatic heterocycles. The van der Waals surface area contributed by atoms with Gasteiger partial charge in [-0.25, -0.2) is 9.37 Å². The van der Waals surface area contributed by atoms with Gasteiger partial charge in [0.25, 0.3) is 0 Å². The summed E-state index contributed by atoms with van der Waals surface area (Å²) in [5.74, 6) is 0.734. The summed E-state index contributed by atoms with van der Waals surface area (Å²) in [4.78, 5) is 12.0. The van der Waals surface area contributed by atoms with Gasteiger partial charge < -0.3 is 15.4 Å². The third-order valence-corrected chi connectivity index (χ3v) is 6.60. The number of quaternary nitrogens is 1. The second-order valence-electron chi connectivity index (χ2n) is 8.94. The molecule has 0 saturated carbocycles. The minimum Gasteiger partial charge on any atom is -0.620 e. The molecule has 172 valence electrons. The predicted molar refractivity (Wildman–Crippen MR) is 130 cm³/mol. The first-order valence-electron chi connectivity index (χ1n) is 11.4. The minimum absolute atomic E-state index is 0.193. The number of aromatic nitrogens is 2. The van der Waals surface area contributed by atoms with Gasteiger partial charge in [0.05, 0.1) is 11.3 Å². The summed E-state index contributed by atoms with van der Waals surface area (Å²) >= 11 is 0. The van der Waals surface area contributed by atoms with Crippen LogP contribution < -0.4 is 20.2 Å². The Bertz CT molecular complexity index is 1190. The molecule has 8 heteroatoms. The average molecular weight is 449 g/mol. The molecular weight excluding hydrogens is 419 g/mol. The highest BCUT2D eigenvalue weighted by molar-refractivity contribution is 5.76. The third kappa shape index (κ3) is 3.79. The largest absolute Gasteiger partial charge is 0.620 e. The number of hydrogen-bond donors (Lipinski definition) is 2. The van der Waals surface area contributed by atoms with Crippen LogP contribution in [0.2, 0.25) is 0 Å². The normalized spacial score (nSPS) is 20.6. The Morgan fingerprint density at radius 2 is 1.70 bits per heavy atom. The Morgan fingerprint density at radius 1 is 0.970 bits per heavy atom. The molecular formula is C25H29FN6O. The van der Waals surface area contributed by atoms with E-state index < -0.39 is 4.65 Å². The molecule has 2 aliphatic rings. The van der Waals surface area contributed by atoms with E-state index in [1.807, 2.05) is 39.0 Å². The second-order valence-corrected chi connectivity index (χ2v) is 8.94. The third-order valence-electron chi connectivity index (χ3n) is 6.60. The molecule has 7 nitrogen and oxygen atoms in total. The van der Waals surface area contributed by atoms with E-state index in [2.05, 4.69) is 15.5 Å². The Morgan fingerprint density at radius 3 is 2.39 bits per heavy atom. The molecule has 1 saturated heterocycles. The molecule has 1 atom stereocenters. The van der Waals surface area contributed by atoms with Gasteiger partial charge in [0, 0.05) is 49.4 Å². The van der Waals surface area contributed by atoms with Gasteiger partial charge in [-0.05, 0) is 44.5 Å². The molecule has 5 rings (SSSR count). The van der Waals surface area contributed by atoms with Crippen molar-refractivity contribution in [2.24, 2.45) is 0 Å². The zero-order chi connectivity index (χ0) is 23.2. The smallest absolute Gasteiger partial charge is 0.243 e. The van der Waals surface area contributed by atoms with Crippen molar-refractivity contribution in [1.29, 1.82) is 0 Å². The minimum atomic E-state index is -0.692. The van der Waals surface area contributed by atoms with Gasteiger partial charge in [-0.3, -0.25) is 9.96 Å². The summed E-state index contributed by atoms with van der Waals surface area (Å²) in [6.45, 7) is 9.69. The lowest BCUT2D eigenvalue weighted by Gasteiger charge is -2.46. The number of nitrogens with zero attached hydrogens (tertiary/aromatic N) is 4. The lowest BCUT2D eigenvalue weighted by Crippen LogP contribution is -2.51. The Balaban J connectivity index is 1.78. The average Bonchev–Trinajstić information content (AvgIpc) is 2.79. The maximum absolute atomic E-state index is 14.6. The quantitative estimate of drug-likeness (QED) is 0.469. The number of aryl methyl sites for hydroxylation is 3. The van der Waals surface area contributed by atoms with E-state index >= 15 is 0 Å². The molecule has 2 aromatic carbocycles. The van der Waals surface area contributed by atoms with E-state index in [-0.39, 0.29) is 12.5 Å². The molecule has 0 aliphatic carbocycles. The second kappa shape index (κ2) is 8.46. The van der Waals surface area contributed by atoms with E-state index in [1.54, 1.807) is 6.07 Å². The molecule has 0 spiro atoms. The van der Waals surface area contributed by atoms with Crippen LogP contribution in [-0.4, -0.2) is 42.8 Å².